The molecule has 0 heterocycles. The molecule has 2 heteroatoms. The third-order valence-electron chi connectivity index (χ3n) is 2.88. The molecule has 0 aromatic rings. The third kappa shape index (κ3) is 3.73. The number of allylic oxidation sites excluding steroid dienone is 2. The van der Waals surface area contributed by atoms with Crippen LogP contribution in [0.1, 0.15) is 26.7 Å². The molecule has 0 spiro atoms. The molecule has 0 amide bonds. The lowest BCUT2D eigenvalue weighted by atomic mass is 10.3. The molecule has 0 bridgehead atoms. The second-order valence-corrected chi connectivity index (χ2v) is 16.4. The van der Waals surface area contributed by atoms with E-state index in [1.807, 2.05) is 10.4 Å². The van der Waals surface area contributed by atoms with Gasteiger partial charge in [0.05, 0.1) is 16.1 Å². The van der Waals surface area contributed by atoms with Gasteiger partial charge in [0.15, 0.2) is 0 Å². The molecule has 0 aliphatic heterocycles. The molecule has 0 unspecified atom stereocenters. The van der Waals surface area contributed by atoms with Gasteiger partial charge in [-0.2, -0.15) is 0 Å². The number of rotatable bonds is 4. The topological polar surface area (TPSA) is 0 Å². The molecule has 0 saturated heterocycles. The van der Waals surface area contributed by atoms with Gasteiger partial charge in [-0.1, -0.05) is 63.5 Å². The Morgan fingerprint density at radius 1 is 0.643 bits per heavy atom. The van der Waals surface area contributed by atoms with Crippen LogP contribution in [0.5, 0.6) is 0 Å². The Labute approximate surface area is 92.8 Å². The highest BCUT2D eigenvalue weighted by Gasteiger charge is 2.27. The molecular weight excluding hydrogens is 200 g/mol. The van der Waals surface area contributed by atoms with E-state index in [0.717, 1.165) is 0 Å². The molecule has 0 saturated carbocycles. The minimum absolute atomic E-state index is 1.07. The van der Waals surface area contributed by atoms with Crippen molar-refractivity contribution in [3.05, 3.63) is 10.4 Å². The zero-order valence-electron chi connectivity index (χ0n) is 11.4. The van der Waals surface area contributed by atoms with Crippen LogP contribution in [0.3, 0.4) is 0 Å². The van der Waals surface area contributed by atoms with Gasteiger partial charge in [0.1, 0.15) is 0 Å². The van der Waals surface area contributed by atoms with E-state index in [9.17, 15) is 0 Å². The second kappa shape index (κ2) is 4.80. The van der Waals surface area contributed by atoms with Crippen molar-refractivity contribution in [1.82, 2.24) is 0 Å². The zero-order valence-corrected chi connectivity index (χ0v) is 13.4. The average molecular weight is 229 g/mol. The maximum atomic E-state index is 2.49. The molecule has 0 radical (unpaired) electrons. The summed E-state index contributed by atoms with van der Waals surface area (Å²) in [6.45, 7) is 19.6. The highest BCUT2D eigenvalue weighted by Crippen LogP contribution is 2.29. The molecular formula is C12H28Si2. The van der Waals surface area contributed by atoms with Crippen molar-refractivity contribution in [2.75, 3.05) is 0 Å². The Morgan fingerprint density at radius 2 is 0.857 bits per heavy atom. The highest BCUT2D eigenvalue weighted by molar-refractivity contribution is 6.89. The molecule has 0 aromatic heterocycles. The molecule has 84 valence electrons. The van der Waals surface area contributed by atoms with Crippen molar-refractivity contribution >= 4 is 16.1 Å². The fourth-order valence-corrected chi connectivity index (χ4v) is 8.93. The van der Waals surface area contributed by atoms with Crippen LogP contribution in [0.25, 0.3) is 0 Å². The fourth-order valence-electron chi connectivity index (χ4n) is 2.39. The molecule has 14 heavy (non-hydrogen) atoms. The van der Waals surface area contributed by atoms with Crippen molar-refractivity contribution in [3.8, 4) is 0 Å². The van der Waals surface area contributed by atoms with Gasteiger partial charge in [-0.15, -0.1) is 0 Å². The van der Waals surface area contributed by atoms with Crippen LogP contribution in [0.15, 0.2) is 10.4 Å². The normalized spacial score (nSPS) is 15.4. The first kappa shape index (κ1) is 14.2. The molecule has 0 N–H and O–H groups in total. The Balaban J connectivity index is 5.36. The number of hydrogen-bond donors (Lipinski definition) is 0. The van der Waals surface area contributed by atoms with Crippen LogP contribution in [-0.2, 0) is 0 Å². The van der Waals surface area contributed by atoms with E-state index in [0.29, 0.717) is 0 Å². The van der Waals surface area contributed by atoms with Crippen molar-refractivity contribution < 1.29 is 0 Å². The lowest BCUT2D eigenvalue weighted by molar-refractivity contribution is 1.08. The van der Waals surface area contributed by atoms with Crippen molar-refractivity contribution in [3.63, 3.8) is 0 Å². The molecule has 0 aromatic carbocycles. The van der Waals surface area contributed by atoms with Crippen molar-refractivity contribution in [2.24, 2.45) is 0 Å². The van der Waals surface area contributed by atoms with Gasteiger partial charge in [0, 0.05) is 0 Å². The summed E-state index contributed by atoms with van der Waals surface area (Å²) in [5.41, 5.74) is 0. The van der Waals surface area contributed by atoms with Crippen molar-refractivity contribution in [1.29, 1.82) is 0 Å². The number of hydrogen-bond acceptors (Lipinski definition) is 0. The minimum Gasteiger partial charge on any atom is -0.0858 e. The summed E-state index contributed by atoms with van der Waals surface area (Å²) in [6.07, 6.45) is 2.56. The van der Waals surface area contributed by atoms with Gasteiger partial charge in [0.25, 0.3) is 0 Å². The average Bonchev–Trinajstić information content (AvgIpc) is 1.94. The SMILES string of the molecule is CC/C(=C(/CC)[Si](C)(C)C)[Si](C)(C)C. The molecule has 0 atom stereocenters. The summed E-state index contributed by atoms with van der Waals surface area (Å²) in [6, 6.07) is 0. The first-order valence-corrected chi connectivity index (χ1v) is 12.9. The first-order chi connectivity index (χ1) is 6.14. The maximum Gasteiger partial charge on any atom is 0.0718 e. The van der Waals surface area contributed by atoms with Crippen molar-refractivity contribution in [2.45, 2.75) is 66.0 Å². The monoisotopic (exact) mass is 228 g/mol. The van der Waals surface area contributed by atoms with Gasteiger partial charge < -0.3 is 0 Å². The van der Waals surface area contributed by atoms with E-state index < -0.39 is 16.1 Å². The van der Waals surface area contributed by atoms with Crippen LogP contribution >= 0.6 is 0 Å². The Hall–Kier alpha value is 0.174. The smallest absolute Gasteiger partial charge is 0.0718 e. The highest BCUT2D eigenvalue weighted by atomic mass is 28.3. The summed E-state index contributed by atoms with van der Waals surface area (Å²) in [5, 5.41) is 3.69. The van der Waals surface area contributed by atoms with Crippen LogP contribution in [-0.4, -0.2) is 16.1 Å². The lowest BCUT2D eigenvalue weighted by Gasteiger charge is -2.30. The zero-order chi connectivity index (χ0) is 11.6. The summed E-state index contributed by atoms with van der Waals surface area (Å²) in [5.74, 6) is 0. The van der Waals surface area contributed by atoms with E-state index in [2.05, 4.69) is 53.1 Å². The predicted molar refractivity (Wildman–Crippen MR) is 74.3 cm³/mol. The fraction of sp³-hybridized carbons (Fsp3) is 0.833. The summed E-state index contributed by atoms with van der Waals surface area (Å²) < 4.78 is 0. The van der Waals surface area contributed by atoms with E-state index in [1.165, 1.54) is 12.8 Å². The van der Waals surface area contributed by atoms with E-state index in [4.69, 9.17) is 0 Å². The third-order valence-corrected chi connectivity index (χ3v) is 8.06. The Morgan fingerprint density at radius 3 is 0.929 bits per heavy atom. The summed E-state index contributed by atoms with van der Waals surface area (Å²) in [4.78, 5) is 0. The van der Waals surface area contributed by atoms with Gasteiger partial charge in [0.2, 0.25) is 0 Å². The van der Waals surface area contributed by atoms with Crippen LogP contribution in [0, 0.1) is 0 Å². The molecule has 0 nitrogen and oxygen atoms in total. The maximum absolute atomic E-state index is 2.49. The molecule has 0 aliphatic carbocycles. The van der Waals surface area contributed by atoms with Crippen LogP contribution in [0.4, 0.5) is 0 Å². The van der Waals surface area contributed by atoms with E-state index in [-0.39, 0.29) is 0 Å². The van der Waals surface area contributed by atoms with Crippen LogP contribution in [0.2, 0.25) is 39.3 Å². The minimum atomic E-state index is -1.07. The van der Waals surface area contributed by atoms with Crippen LogP contribution < -0.4 is 0 Å². The lowest BCUT2D eigenvalue weighted by Crippen LogP contribution is -2.33. The van der Waals surface area contributed by atoms with E-state index >= 15 is 0 Å². The predicted octanol–water partition coefficient (Wildman–Crippen LogP) is 4.86. The van der Waals surface area contributed by atoms with E-state index in [1.54, 1.807) is 0 Å². The summed E-state index contributed by atoms with van der Waals surface area (Å²) >= 11 is 0. The standard InChI is InChI=1S/C12H28Si2/c1-9-11(13(3,4)5)12(10-2)14(6,7)8/h9-10H2,1-8H3/b12-11+. The summed E-state index contributed by atoms with van der Waals surface area (Å²) in [7, 11) is -2.13. The van der Waals surface area contributed by atoms with Gasteiger partial charge in [-0.05, 0) is 12.8 Å². The molecule has 0 aliphatic rings. The molecule has 0 fully saturated rings. The Bertz CT molecular complexity index is 189. The van der Waals surface area contributed by atoms with Gasteiger partial charge in [-0.3, -0.25) is 0 Å². The largest absolute Gasteiger partial charge is 0.0858 e. The first-order valence-electron chi connectivity index (χ1n) is 5.87. The van der Waals surface area contributed by atoms with Gasteiger partial charge >= 0.3 is 0 Å². The molecule has 0 rings (SSSR count). The van der Waals surface area contributed by atoms with Gasteiger partial charge in [-0.25, -0.2) is 0 Å². The second-order valence-electron chi connectivity index (χ2n) is 6.16. The quantitative estimate of drug-likeness (QED) is 0.603. The Kier molecular flexibility index (Phi) is 4.86.